The highest BCUT2D eigenvalue weighted by molar-refractivity contribution is 9.10. The Morgan fingerprint density at radius 3 is 2.92 bits per heavy atom. The number of hydrogen-bond acceptors (Lipinski definition) is 1. The fourth-order valence-electron chi connectivity index (χ4n) is 1.38. The Balaban J connectivity index is 3.03. The van der Waals surface area contributed by atoms with Crippen LogP contribution in [0.25, 0.3) is 10.9 Å². The maximum Gasteiger partial charge on any atom is 0.203 e. The molecule has 2 rings (SSSR count). The van der Waals surface area contributed by atoms with E-state index in [2.05, 4.69) is 20.9 Å². The van der Waals surface area contributed by atoms with E-state index in [1.54, 1.807) is 6.20 Å². The molecule has 1 N–H and O–H groups in total. The molecule has 0 atom stereocenters. The van der Waals surface area contributed by atoms with Crippen LogP contribution in [0.1, 0.15) is 5.56 Å². The zero-order valence-electron chi connectivity index (χ0n) is 7.10. The first-order chi connectivity index (χ1) is 6.20. The summed E-state index contributed by atoms with van der Waals surface area (Å²) in [6, 6.07) is 5.69. The molecule has 1 aromatic carbocycles. The molecule has 3 heteroatoms. The van der Waals surface area contributed by atoms with Gasteiger partial charge in [0, 0.05) is 11.6 Å². The number of halogens is 1. The van der Waals surface area contributed by atoms with Gasteiger partial charge in [0.25, 0.3) is 0 Å². The maximum absolute atomic E-state index is 11.6. The minimum atomic E-state index is 0.0393. The molecule has 0 saturated carbocycles. The second-order valence-electron chi connectivity index (χ2n) is 2.96. The number of H-pyrrole nitrogens is 1. The summed E-state index contributed by atoms with van der Waals surface area (Å²) in [7, 11) is 0. The first kappa shape index (κ1) is 8.51. The molecule has 0 aliphatic rings. The number of pyridine rings is 1. The molecule has 0 aliphatic carbocycles. The van der Waals surface area contributed by atoms with E-state index in [1.165, 1.54) is 0 Å². The Bertz CT molecular complexity index is 516. The Morgan fingerprint density at radius 1 is 1.38 bits per heavy atom. The lowest BCUT2D eigenvalue weighted by atomic mass is 10.1. The van der Waals surface area contributed by atoms with Gasteiger partial charge in [0.1, 0.15) is 0 Å². The average Bonchev–Trinajstić information content (AvgIpc) is 2.12. The highest BCUT2D eigenvalue weighted by Crippen LogP contribution is 2.14. The fraction of sp³-hybridized carbons (Fsp3) is 0.100. The van der Waals surface area contributed by atoms with Crippen LogP contribution >= 0.6 is 15.9 Å². The topological polar surface area (TPSA) is 32.9 Å². The molecule has 0 aliphatic heterocycles. The zero-order valence-corrected chi connectivity index (χ0v) is 8.68. The predicted octanol–water partition coefficient (Wildman–Crippen LogP) is 2.60. The monoisotopic (exact) mass is 237 g/mol. The summed E-state index contributed by atoms with van der Waals surface area (Å²) >= 11 is 3.20. The predicted molar refractivity (Wildman–Crippen MR) is 57.0 cm³/mol. The van der Waals surface area contributed by atoms with E-state index in [-0.39, 0.29) is 5.43 Å². The number of aromatic nitrogens is 1. The van der Waals surface area contributed by atoms with Crippen molar-refractivity contribution < 1.29 is 0 Å². The van der Waals surface area contributed by atoms with Gasteiger partial charge in [-0.05, 0) is 34.5 Å². The van der Waals surface area contributed by atoms with Crippen molar-refractivity contribution in [2.45, 2.75) is 6.92 Å². The van der Waals surface area contributed by atoms with Crippen LogP contribution in [0, 0.1) is 6.92 Å². The summed E-state index contributed by atoms with van der Waals surface area (Å²) in [5, 5.41) is 0.731. The van der Waals surface area contributed by atoms with Gasteiger partial charge < -0.3 is 4.98 Å². The van der Waals surface area contributed by atoms with Gasteiger partial charge in [-0.15, -0.1) is 0 Å². The maximum atomic E-state index is 11.6. The van der Waals surface area contributed by atoms with Crippen molar-refractivity contribution in [2.24, 2.45) is 0 Å². The van der Waals surface area contributed by atoms with Gasteiger partial charge in [-0.1, -0.05) is 12.1 Å². The second kappa shape index (κ2) is 3.00. The largest absolute Gasteiger partial charge is 0.360 e. The van der Waals surface area contributed by atoms with Crippen LogP contribution < -0.4 is 5.43 Å². The van der Waals surface area contributed by atoms with E-state index < -0.39 is 0 Å². The minimum Gasteiger partial charge on any atom is -0.360 e. The summed E-state index contributed by atoms with van der Waals surface area (Å²) in [4.78, 5) is 14.7. The van der Waals surface area contributed by atoms with Crippen molar-refractivity contribution >= 4 is 26.8 Å². The van der Waals surface area contributed by atoms with E-state index in [1.807, 2.05) is 25.1 Å². The van der Waals surface area contributed by atoms with E-state index in [0.717, 1.165) is 16.5 Å². The number of aryl methyl sites for hydroxylation is 1. The van der Waals surface area contributed by atoms with Gasteiger partial charge in [0.2, 0.25) is 5.43 Å². The van der Waals surface area contributed by atoms with Crippen molar-refractivity contribution in [3.05, 3.63) is 44.7 Å². The van der Waals surface area contributed by atoms with Gasteiger partial charge in [0.05, 0.1) is 9.99 Å². The van der Waals surface area contributed by atoms with E-state index in [9.17, 15) is 4.79 Å². The lowest BCUT2D eigenvalue weighted by Gasteiger charge is -2.00. The van der Waals surface area contributed by atoms with Crippen LogP contribution in [0.3, 0.4) is 0 Å². The highest BCUT2D eigenvalue weighted by atomic mass is 79.9. The normalized spacial score (nSPS) is 10.6. The molecule has 0 bridgehead atoms. The van der Waals surface area contributed by atoms with Crippen molar-refractivity contribution in [3.63, 3.8) is 0 Å². The molecule has 0 amide bonds. The van der Waals surface area contributed by atoms with Crippen molar-refractivity contribution in [2.75, 3.05) is 0 Å². The highest BCUT2D eigenvalue weighted by Gasteiger charge is 2.02. The van der Waals surface area contributed by atoms with Gasteiger partial charge in [-0.3, -0.25) is 4.79 Å². The average molecular weight is 238 g/mol. The van der Waals surface area contributed by atoms with Crippen LogP contribution in [0.15, 0.2) is 33.7 Å². The third-order valence-corrected chi connectivity index (χ3v) is 2.67. The SMILES string of the molecule is Cc1cccc2c(=O)c(Br)c[nH]c12. The van der Waals surface area contributed by atoms with E-state index >= 15 is 0 Å². The lowest BCUT2D eigenvalue weighted by molar-refractivity contribution is 1.33. The molecule has 0 radical (unpaired) electrons. The van der Waals surface area contributed by atoms with Gasteiger partial charge in [-0.2, -0.15) is 0 Å². The quantitative estimate of drug-likeness (QED) is 0.751. The van der Waals surface area contributed by atoms with Gasteiger partial charge >= 0.3 is 0 Å². The van der Waals surface area contributed by atoms with Crippen molar-refractivity contribution in [1.82, 2.24) is 4.98 Å². The third-order valence-electron chi connectivity index (χ3n) is 2.08. The van der Waals surface area contributed by atoms with Crippen LogP contribution in [-0.2, 0) is 0 Å². The van der Waals surface area contributed by atoms with E-state index in [4.69, 9.17) is 0 Å². The molecule has 1 aromatic heterocycles. The summed E-state index contributed by atoms with van der Waals surface area (Å²) in [6.45, 7) is 1.98. The molecule has 0 fully saturated rings. The van der Waals surface area contributed by atoms with Crippen LogP contribution in [0.5, 0.6) is 0 Å². The summed E-state index contributed by atoms with van der Waals surface area (Å²) < 4.78 is 0.575. The fourth-order valence-corrected chi connectivity index (χ4v) is 1.71. The smallest absolute Gasteiger partial charge is 0.203 e. The van der Waals surface area contributed by atoms with Crippen molar-refractivity contribution in [3.8, 4) is 0 Å². The second-order valence-corrected chi connectivity index (χ2v) is 3.82. The molecular formula is C10H8BrNO. The standard InChI is InChI=1S/C10H8BrNO/c1-6-3-2-4-7-9(6)12-5-8(11)10(7)13/h2-5H,1H3,(H,12,13). The molecule has 0 spiro atoms. The van der Waals surface area contributed by atoms with Crippen LogP contribution in [-0.4, -0.2) is 4.98 Å². The number of benzene rings is 1. The number of fused-ring (bicyclic) bond motifs is 1. The van der Waals surface area contributed by atoms with E-state index in [0.29, 0.717) is 4.47 Å². The summed E-state index contributed by atoms with van der Waals surface area (Å²) in [5.74, 6) is 0. The molecule has 1 heterocycles. The molecule has 2 nitrogen and oxygen atoms in total. The third kappa shape index (κ3) is 1.29. The molecule has 13 heavy (non-hydrogen) atoms. The summed E-state index contributed by atoms with van der Waals surface area (Å²) in [5.41, 5.74) is 2.04. The Morgan fingerprint density at radius 2 is 2.15 bits per heavy atom. The Labute approximate surface area is 83.7 Å². The number of para-hydroxylation sites is 1. The number of hydrogen-bond donors (Lipinski definition) is 1. The molecule has 2 aromatic rings. The Kier molecular flexibility index (Phi) is 1.96. The first-order valence-electron chi connectivity index (χ1n) is 3.96. The zero-order chi connectivity index (χ0) is 9.42. The van der Waals surface area contributed by atoms with Crippen LogP contribution in [0.4, 0.5) is 0 Å². The molecule has 66 valence electrons. The van der Waals surface area contributed by atoms with Crippen LogP contribution in [0.2, 0.25) is 0 Å². The molecule has 0 unspecified atom stereocenters. The summed E-state index contributed by atoms with van der Waals surface area (Å²) in [6.07, 6.45) is 1.68. The number of nitrogens with one attached hydrogen (secondary N) is 1. The number of aromatic amines is 1. The first-order valence-corrected chi connectivity index (χ1v) is 4.76. The van der Waals surface area contributed by atoms with Gasteiger partial charge in [-0.25, -0.2) is 0 Å². The number of rotatable bonds is 0. The molecule has 0 saturated heterocycles. The Hall–Kier alpha value is -1.09. The minimum absolute atomic E-state index is 0.0393. The molecular weight excluding hydrogens is 230 g/mol. The van der Waals surface area contributed by atoms with Crippen molar-refractivity contribution in [1.29, 1.82) is 0 Å². The lowest BCUT2D eigenvalue weighted by Crippen LogP contribution is -2.03. The van der Waals surface area contributed by atoms with Gasteiger partial charge in [0.15, 0.2) is 0 Å².